The van der Waals surface area contributed by atoms with Crippen molar-refractivity contribution in [3.05, 3.63) is 64.3 Å². The van der Waals surface area contributed by atoms with E-state index in [4.69, 9.17) is 32.4 Å². The molecule has 3 rings (SSSR count). The normalized spacial score (nSPS) is 12.1. The number of halogens is 2. The fourth-order valence-corrected chi connectivity index (χ4v) is 2.83. The van der Waals surface area contributed by atoms with Gasteiger partial charge in [-0.15, -0.1) is 0 Å². The maximum atomic E-state index is 12.1. The van der Waals surface area contributed by atoms with Gasteiger partial charge in [-0.25, -0.2) is 0 Å². The fraction of sp³-hybridized carbons (Fsp3) is 0.167. The Morgan fingerprint density at radius 1 is 1.17 bits per heavy atom. The molecule has 0 spiro atoms. The first-order chi connectivity index (χ1) is 11.5. The number of nitrogens with one attached hydrogen (secondary N) is 1. The highest BCUT2D eigenvalue weighted by Gasteiger charge is 2.15. The maximum Gasteiger partial charge on any atom is 0.258 e. The molecule has 3 aromatic rings. The second kappa shape index (κ2) is 7.16. The van der Waals surface area contributed by atoms with E-state index in [0.29, 0.717) is 21.6 Å². The molecule has 0 bridgehead atoms. The number of fused-ring (bicyclic) bond motifs is 1. The van der Waals surface area contributed by atoms with E-state index in [1.165, 1.54) is 0 Å². The van der Waals surface area contributed by atoms with E-state index >= 15 is 0 Å². The summed E-state index contributed by atoms with van der Waals surface area (Å²) in [5.41, 5.74) is 0.785. The Kier molecular flexibility index (Phi) is 4.97. The number of para-hydroxylation sites is 2. The Labute approximate surface area is 149 Å². The lowest BCUT2D eigenvalue weighted by Crippen LogP contribution is -2.31. The van der Waals surface area contributed by atoms with Gasteiger partial charge < -0.3 is 14.5 Å². The zero-order valence-corrected chi connectivity index (χ0v) is 14.4. The number of furan rings is 1. The van der Waals surface area contributed by atoms with Crippen LogP contribution >= 0.6 is 23.2 Å². The molecule has 1 N–H and O–H groups in total. The van der Waals surface area contributed by atoms with Crippen LogP contribution in [0.5, 0.6) is 5.75 Å². The largest absolute Gasteiger partial charge is 0.481 e. The van der Waals surface area contributed by atoms with Crippen LogP contribution in [0.3, 0.4) is 0 Å². The number of benzene rings is 2. The van der Waals surface area contributed by atoms with Crippen molar-refractivity contribution in [2.75, 3.05) is 6.61 Å². The van der Waals surface area contributed by atoms with Crippen LogP contribution in [0.25, 0.3) is 11.0 Å². The third-order valence-corrected chi connectivity index (χ3v) is 4.11. The van der Waals surface area contributed by atoms with Crippen molar-refractivity contribution >= 4 is 40.1 Å². The molecule has 1 atom stereocenters. The molecule has 0 radical (unpaired) electrons. The van der Waals surface area contributed by atoms with E-state index < -0.39 is 0 Å². The zero-order valence-electron chi connectivity index (χ0n) is 12.9. The van der Waals surface area contributed by atoms with Crippen molar-refractivity contribution < 1.29 is 13.9 Å². The van der Waals surface area contributed by atoms with Gasteiger partial charge in [-0.2, -0.15) is 0 Å². The highest BCUT2D eigenvalue weighted by Crippen LogP contribution is 2.32. The molecule has 0 aliphatic carbocycles. The molecule has 4 nitrogen and oxygen atoms in total. The minimum absolute atomic E-state index is 0.186. The van der Waals surface area contributed by atoms with Crippen LogP contribution < -0.4 is 10.1 Å². The summed E-state index contributed by atoms with van der Waals surface area (Å²) >= 11 is 12.0. The summed E-state index contributed by atoms with van der Waals surface area (Å²) in [6.45, 7) is 1.66. The van der Waals surface area contributed by atoms with Crippen LogP contribution in [0, 0.1) is 0 Å². The third-order valence-electron chi connectivity index (χ3n) is 3.52. The van der Waals surface area contributed by atoms with Gasteiger partial charge in [-0.3, -0.25) is 4.79 Å². The second-order valence-electron chi connectivity index (χ2n) is 5.32. The van der Waals surface area contributed by atoms with Crippen molar-refractivity contribution in [1.29, 1.82) is 0 Å². The number of hydrogen-bond donors (Lipinski definition) is 1. The Morgan fingerprint density at radius 2 is 1.88 bits per heavy atom. The first-order valence-electron chi connectivity index (χ1n) is 7.39. The molecule has 1 aromatic heterocycles. The minimum Gasteiger partial charge on any atom is -0.481 e. The SMILES string of the molecule is CC(NC(=O)COc1c(Cl)cccc1Cl)c1cc2ccccc2o1. The van der Waals surface area contributed by atoms with Gasteiger partial charge >= 0.3 is 0 Å². The van der Waals surface area contributed by atoms with Crippen LogP contribution in [0.2, 0.25) is 10.0 Å². The lowest BCUT2D eigenvalue weighted by Gasteiger charge is -2.13. The van der Waals surface area contributed by atoms with E-state index in [2.05, 4.69) is 5.32 Å². The van der Waals surface area contributed by atoms with Gasteiger partial charge in [0.15, 0.2) is 12.4 Å². The molecule has 0 fully saturated rings. The van der Waals surface area contributed by atoms with Gasteiger partial charge in [-0.1, -0.05) is 47.5 Å². The van der Waals surface area contributed by atoms with E-state index in [1.54, 1.807) is 18.2 Å². The minimum atomic E-state index is -0.293. The number of carbonyl (C=O) groups excluding carboxylic acids is 1. The first-order valence-corrected chi connectivity index (χ1v) is 8.15. The third kappa shape index (κ3) is 3.66. The van der Waals surface area contributed by atoms with Crippen molar-refractivity contribution in [3.8, 4) is 5.75 Å². The Balaban J connectivity index is 1.62. The summed E-state index contributed by atoms with van der Waals surface area (Å²) in [6, 6.07) is 14.3. The molecule has 2 aromatic carbocycles. The number of ether oxygens (including phenoxy) is 1. The first kappa shape index (κ1) is 16.7. The Hall–Kier alpha value is -2.17. The highest BCUT2D eigenvalue weighted by molar-refractivity contribution is 6.37. The standard InChI is InChI=1S/C18H15Cl2NO3/c1-11(16-9-12-5-2-3-8-15(12)24-16)21-17(22)10-23-18-13(19)6-4-7-14(18)20/h2-9,11H,10H2,1H3,(H,21,22). The quantitative estimate of drug-likeness (QED) is 0.694. The van der Waals surface area contributed by atoms with Crippen molar-refractivity contribution in [3.63, 3.8) is 0 Å². The number of amides is 1. The molecule has 24 heavy (non-hydrogen) atoms. The zero-order chi connectivity index (χ0) is 17.1. The van der Waals surface area contributed by atoms with E-state index in [9.17, 15) is 4.79 Å². The smallest absolute Gasteiger partial charge is 0.258 e. The van der Waals surface area contributed by atoms with Crippen LogP contribution in [-0.2, 0) is 4.79 Å². The molecule has 1 heterocycles. The summed E-state index contributed by atoms with van der Waals surface area (Å²) < 4.78 is 11.2. The summed E-state index contributed by atoms with van der Waals surface area (Å²) in [6.07, 6.45) is 0. The van der Waals surface area contributed by atoms with Gasteiger partial charge in [0, 0.05) is 5.39 Å². The molecule has 0 aliphatic heterocycles. The molecular formula is C18H15Cl2NO3. The Bertz CT molecular complexity index is 822. The average Bonchev–Trinajstić information content (AvgIpc) is 2.98. The van der Waals surface area contributed by atoms with E-state index in [-0.39, 0.29) is 18.6 Å². The summed E-state index contributed by atoms with van der Waals surface area (Å²) in [7, 11) is 0. The van der Waals surface area contributed by atoms with Crippen molar-refractivity contribution in [2.45, 2.75) is 13.0 Å². The van der Waals surface area contributed by atoms with Crippen LogP contribution in [-0.4, -0.2) is 12.5 Å². The maximum absolute atomic E-state index is 12.1. The molecule has 0 saturated heterocycles. The topological polar surface area (TPSA) is 51.5 Å². The summed E-state index contributed by atoms with van der Waals surface area (Å²) in [5.74, 6) is 0.687. The lowest BCUT2D eigenvalue weighted by molar-refractivity contribution is -0.123. The molecule has 0 saturated carbocycles. The highest BCUT2D eigenvalue weighted by atomic mass is 35.5. The fourth-order valence-electron chi connectivity index (χ4n) is 2.33. The summed E-state index contributed by atoms with van der Waals surface area (Å²) in [5, 5.41) is 4.54. The van der Waals surface area contributed by atoms with Crippen LogP contribution in [0.1, 0.15) is 18.7 Å². The number of hydrogen-bond acceptors (Lipinski definition) is 3. The van der Waals surface area contributed by atoms with Gasteiger partial charge in [0.2, 0.25) is 0 Å². The van der Waals surface area contributed by atoms with Crippen LogP contribution in [0.4, 0.5) is 0 Å². The number of carbonyl (C=O) groups is 1. The molecule has 1 unspecified atom stereocenters. The predicted octanol–water partition coefficient (Wildman–Crippen LogP) is 5.00. The van der Waals surface area contributed by atoms with E-state index in [0.717, 1.165) is 11.0 Å². The molecule has 1 amide bonds. The molecule has 0 aliphatic rings. The van der Waals surface area contributed by atoms with Gasteiger partial charge in [-0.05, 0) is 31.2 Å². The van der Waals surface area contributed by atoms with Crippen LogP contribution in [0.15, 0.2) is 52.9 Å². The average molecular weight is 364 g/mol. The lowest BCUT2D eigenvalue weighted by atomic mass is 10.2. The molecule has 6 heteroatoms. The summed E-state index contributed by atoms with van der Waals surface area (Å²) in [4.78, 5) is 12.1. The van der Waals surface area contributed by atoms with Gasteiger partial charge in [0.05, 0.1) is 16.1 Å². The molecular weight excluding hydrogens is 349 g/mol. The van der Waals surface area contributed by atoms with E-state index in [1.807, 2.05) is 37.3 Å². The van der Waals surface area contributed by atoms with Gasteiger partial charge in [0.25, 0.3) is 5.91 Å². The van der Waals surface area contributed by atoms with Gasteiger partial charge in [0.1, 0.15) is 11.3 Å². The second-order valence-corrected chi connectivity index (χ2v) is 6.13. The predicted molar refractivity (Wildman–Crippen MR) is 94.7 cm³/mol. The van der Waals surface area contributed by atoms with Crippen molar-refractivity contribution in [1.82, 2.24) is 5.32 Å². The van der Waals surface area contributed by atoms with Crippen molar-refractivity contribution in [2.24, 2.45) is 0 Å². The Morgan fingerprint density at radius 3 is 2.58 bits per heavy atom. The monoisotopic (exact) mass is 363 g/mol. The molecule has 124 valence electrons. The number of rotatable bonds is 5.